The van der Waals surface area contributed by atoms with Gasteiger partial charge in [-0.25, -0.2) is 4.99 Å². The number of thiophene rings is 1. The number of anilines is 1. The van der Waals surface area contributed by atoms with Crippen LogP contribution in [0.4, 0.5) is 10.7 Å². The molecule has 0 saturated carbocycles. The molecule has 2 N–H and O–H groups in total. The van der Waals surface area contributed by atoms with Crippen LogP contribution in [0.2, 0.25) is 0 Å². The second-order valence-corrected chi connectivity index (χ2v) is 6.85. The van der Waals surface area contributed by atoms with Crippen molar-refractivity contribution in [1.29, 1.82) is 0 Å². The highest BCUT2D eigenvalue weighted by atomic mass is 32.1. The molecule has 2 aliphatic heterocycles. The number of phenols is 1. The molecule has 3 heterocycles. The Bertz CT molecular complexity index is 809. The highest BCUT2D eigenvalue weighted by Crippen LogP contribution is 2.43. The summed E-state index contributed by atoms with van der Waals surface area (Å²) < 4.78 is 0. The predicted molar refractivity (Wildman–Crippen MR) is 85.5 cm³/mol. The molecule has 2 aromatic rings. The molecule has 1 unspecified atom stereocenters. The molecule has 0 aliphatic carbocycles. The Hall–Kier alpha value is -2.18. The average molecular weight is 314 g/mol. The molecule has 112 valence electrons. The molecule has 1 aromatic heterocycles. The number of ketones is 1. The second kappa shape index (κ2) is 4.41. The number of Topliss-reactive ketones (excluding diaryl/α,β-unsaturated/α-hetero) is 1. The van der Waals surface area contributed by atoms with Crippen LogP contribution in [-0.4, -0.2) is 34.0 Å². The van der Waals surface area contributed by atoms with Crippen molar-refractivity contribution in [1.82, 2.24) is 0 Å². The number of hydrogen-bond acceptors (Lipinski definition) is 6. The van der Waals surface area contributed by atoms with Crippen LogP contribution in [0.3, 0.4) is 0 Å². The maximum atomic E-state index is 12.7. The summed E-state index contributed by atoms with van der Waals surface area (Å²) in [5.74, 6) is 0.298. The normalized spacial score (nSPS) is 23.3. The molecule has 22 heavy (non-hydrogen) atoms. The standard InChI is InChI=1S/C16H14N2O3S/c1-9-8-12-13(20)16(21)6-7-18(15(16)17-14(12)22-9)10-2-4-11(19)5-3-10/h2-5,8,19,21H,6-7H2,1H3. The molecule has 2 aliphatic rings. The fourth-order valence-electron chi connectivity index (χ4n) is 3.03. The number of carbonyl (C=O) groups is 1. The van der Waals surface area contributed by atoms with E-state index in [1.807, 2.05) is 11.8 Å². The van der Waals surface area contributed by atoms with Gasteiger partial charge in [0.1, 0.15) is 10.8 Å². The van der Waals surface area contributed by atoms with Gasteiger partial charge in [-0.05, 0) is 37.3 Å². The van der Waals surface area contributed by atoms with Gasteiger partial charge < -0.3 is 15.1 Å². The van der Waals surface area contributed by atoms with Crippen LogP contribution < -0.4 is 4.90 Å². The van der Waals surface area contributed by atoms with Crippen molar-refractivity contribution in [2.75, 3.05) is 11.4 Å². The molecule has 0 amide bonds. The summed E-state index contributed by atoms with van der Waals surface area (Å²) in [6.07, 6.45) is 0.319. The Balaban J connectivity index is 1.85. The summed E-state index contributed by atoms with van der Waals surface area (Å²) in [6.45, 7) is 2.44. The third-order valence-electron chi connectivity index (χ3n) is 4.15. The highest BCUT2D eigenvalue weighted by molar-refractivity contribution is 7.16. The number of carbonyl (C=O) groups excluding carboxylic acids is 1. The summed E-state index contributed by atoms with van der Waals surface area (Å²) in [6, 6.07) is 8.47. The fourth-order valence-corrected chi connectivity index (χ4v) is 3.91. The first-order valence-corrected chi connectivity index (χ1v) is 7.84. The summed E-state index contributed by atoms with van der Waals surface area (Å²) >= 11 is 1.46. The quantitative estimate of drug-likeness (QED) is 0.848. The first-order chi connectivity index (χ1) is 10.5. The van der Waals surface area contributed by atoms with E-state index in [1.165, 1.54) is 11.3 Å². The third kappa shape index (κ3) is 1.74. The van der Waals surface area contributed by atoms with Gasteiger partial charge in [0.15, 0.2) is 11.4 Å². The van der Waals surface area contributed by atoms with Crippen LogP contribution in [0.1, 0.15) is 21.7 Å². The van der Waals surface area contributed by atoms with Crippen LogP contribution in [-0.2, 0) is 0 Å². The molecule has 0 radical (unpaired) electrons. The number of aliphatic imine (C=N–C) groups is 1. The summed E-state index contributed by atoms with van der Waals surface area (Å²) in [4.78, 5) is 20.1. The molecule has 1 saturated heterocycles. The van der Waals surface area contributed by atoms with E-state index in [2.05, 4.69) is 4.99 Å². The lowest BCUT2D eigenvalue weighted by Gasteiger charge is -2.28. The largest absolute Gasteiger partial charge is 0.508 e. The van der Waals surface area contributed by atoms with Crippen LogP contribution in [0.25, 0.3) is 0 Å². The monoisotopic (exact) mass is 314 g/mol. The van der Waals surface area contributed by atoms with E-state index in [4.69, 9.17) is 0 Å². The number of nitrogens with zero attached hydrogens (tertiary/aromatic N) is 2. The van der Waals surface area contributed by atoms with Crippen molar-refractivity contribution in [2.45, 2.75) is 18.9 Å². The molecule has 1 atom stereocenters. The lowest BCUT2D eigenvalue weighted by atomic mass is 9.90. The van der Waals surface area contributed by atoms with Gasteiger partial charge in [-0.1, -0.05) is 0 Å². The van der Waals surface area contributed by atoms with E-state index in [9.17, 15) is 15.0 Å². The van der Waals surface area contributed by atoms with E-state index in [0.717, 1.165) is 10.6 Å². The first kappa shape index (κ1) is 13.5. The van der Waals surface area contributed by atoms with Crippen LogP contribution in [0.15, 0.2) is 35.3 Å². The molecule has 5 nitrogen and oxygen atoms in total. The Morgan fingerprint density at radius 2 is 2.05 bits per heavy atom. The van der Waals surface area contributed by atoms with E-state index >= 15 is 0 Å². The minimum atomic E-state index is -1.54. The minimum Gasteiger partial charge on any atom is -0.508 e. The Labute approximate surface area is 131 Å². The van der Waals surface area contributed by atoms with Gasteiger partial charge in [0.25, 0.3) is 0 Å². The van der Waals surface area contributed by atoms with Gasteiger partial charge in [-0.3, -0.25) is 4.79 Å². The lowest BCUT2D eigenvalue weighted by Crippen LogP contribution is -2.48. The van der Waals surface area contributed by atoms with Crippen molar-refractivity contribution in [3.05, 3.63) is 40.8 Å². The Morgan fingerprint density at radius 1 is 1.32 bits per heavy atom. The lowest BCUT2D eigenvalue weighted by molar-refractivity contribution is 0.0603. The molecule has 0 spiro atoms. The number of benzene rings is 1. The molecule has 4 rings (SSSR count). The fraction of sp³-hybridized carbons (Fsp3) is 0.250. The molecular formula is C16H14N2O3S. The smallest absolute Gasteiger partial charge is 0.205 e. The van der Waals surface area contributed by atoms with Crippen molar-refractivity contribution in [3.8, 4) is 5.75 Å². The van der Waals surface area contributed by atoms with Crippen molar-refractivity contribution < 1.29 is 15.0 Å². The van der Waals surface area contributed by atoms with Crippen molar-refractivity contribution in [2.24, 2.45) is 4.99 Å². The average Bonchev–Trinajstić information content (AvgIpc) is 3.02. The molecular weight excluding hydrogens is 300 g/mol. The van der Waals surface area contributed by atoms with E-state index < -0.39 is 5.60 Å². The van der Waals surface area contributed by atoms with Crippen LogP contribution >= 0.6 is 11.3 Å². The molecule has 0 bridgehead atoms. The number of fused-ring (bicyclic) bond motifs is 2. The number of aliphatic hydroxyl groups is 1. The van der Waals surface area contributed by atoms with E-state index in [-0.39, 0.29) is 11.5 Å². The minimum absolute atomic E-state index is 0.177. The number of rotatable bonds is 1. The topological polar surface area (TPSA) is 73.1 Å². The van der Waals surface area contributed by atoms with Crippen LogP contribution in [0.5, 0.6) is 5.75 Å². The predicted octanol–water partition coefficient (Wildman–Crippen LogP) is 2.63. The van der Waals surface area contributed by atoms with E-state index in [1.54, 1.807) is 30.3 Å². The van der Waals surface area contributed by atoms with Crippen molar-refractivity contribution >= 4 is 33.6 Å². The Kier molecular flexibility index (Phi) is 2.70. The SMILES string of the molecule is Cc1cc2c(s1)N=C1N(c3ccc(O)cc3)CCC1(O)C2=O. The zero-order valence-electron chi connectivity index (χ0n) is 11.9. The van der Waals surface area contributed by atoms with Gasteiger partial charge in [0.05, 0.1) is 5.56 Å². The summed E-state index contributed by atoms with van der Waals surface area (Å²) in [7, 11) is 0. The Morgan fingerprint density at radius 3 is 2.77 bits per heavy atom. The third-order valence-corrected chi connectivity index (χ3v) is 5.09. The molecule has 6 heteroatoms. The number of hydrogen-bond donors (Lipinski definition) is 2. The van der Waals surface area contributed by atoms with E-state index in [0.29, 0.717) is 29.4 Å². The van der Waals surface area contributed by atoms with Crippen molar-refractivity contribution in [3.63, 3.8) is 0 Å². The maximum absolute atomic E-state index is 12.7. The summed E-state index contributed by atoms with van der Waals surface area (Å²) in [5, 5.41) is 20.9. The van der Waals surface area contributed by atoms with Crippen LogP contribution in [0, 0.1) is 6.92 Å². The van der Waals surface area contributed by atoms with Gasteiger partial charge >= 0.3 is 0 Å². The first-order valence-electron chi connectivity index (χ1n) is 7.02. The summed E-state index contributed by atoms with van der Waals surface area (Å²) in [5.41, 5.74) is -0.225. The number of aromatic hydroxyl groups is 1. The van der Waals surface area contributed by atoms with Gasteiger partial charge in [0.2, 0.25) is 5.78 Å². The molecule has 1 fully saturated rings. The number of amidine groups is 1. The maximum Gasteiger partial charge on any atom is 0.205 e. The molecule has 1 aromatic carbocycles. The van der Waals surface area contributed by atoms with Gasteiger partial charge in [-0.2, -0.15) is 0 Å². The highest BCUT2D eigenvalue weighted by Gasteiger charge is 2.52. The van der Waals surface area contributed by atoms with Gasteiger partial charge in [0, 0.05) is 23.5 Å². The number of aryl methyl sites for hydroxylation is 1. The zero-order valence-corrected chi connectivity index (χ0v) is 12.7. The second-order valence-electron chi connectivity index (χ2n) is 5.62. The number of phenolic OH excluding ortho intramolecular Hbond substituents is 1. The zero-order chi connectivity index (χ0) is 15.5. The van der Waals surface area contributed by atoms with Gasteiger partial charge in [-0.15, -0.1) is 11.3 Å².